The number of hydrogen-bond donors (Lipinski definition) is 0. The first-order chi connectivity index (χ1) is 13.4. The molecule has 4 rings (SSSR count). The fraction of sp³-hybridized carbons (Fsp3) is 0.136. The van der Waals surface area contributed by atoms with Crippen LogP contribution in [0.3, 0.4) is 0 Å². The summed E-state index contributed by atoms with van der Waals surface area (Å²) in [6.45, 7) is 1.91. The molecule has 1 heterocycles. The van der Waals surface area contributed by atoms with Crippen LogP contribution in [0.2, 0.25) is 0 Å². The van der Waals surface area contributed by atoms with Crippen LogP contribution in [-0.4, -0.2) is 20.1 Å². The minimum atomic E-state index is -3.64. The fourth-order valence-electron chi connectivity index (χ4n) is 3.35. The molecule has 1 fully saturated rings. The van der Waals surface area contributed by atoms with E-state index in [1.807, 2.05) is 55.5 Å². The van der Waals surface area contributed by atoms with Gasteiger partial charge in [0.05, 0.1) is 0 Å². The number of ether oxygens (including phenoxy) is 1. The van der Waals surface area contributed by atoms with Gasteiger partial charge in [0.2, 0.25) is 5.91 Å². The van der Waals surface area contributed by atoms with E-state index < -0.39 is 26.9 Å². The van der Waals surface area contributed by atoms with Gasteiger partial charge in [0.25, 0.3) is 0 Å². The van der Waals surface area contributed by atoms with Gasteiger partial charge in [0, 0.05) is 5.69 Å². The van der Waals surface area contributed by atoms with Crippen molar-refractivity contribution in [2.24, 2.45) is 0 Å². The van der Waals surface area contributed by atoms with Crippen LogP contribution in [-0.2, 0) is 14.6 Å². The molecule has 0 spiro atoms. The minimum absolute atomic E-state index is 0.416. The normalized spacial score (nSPS) is 18.2. The molecular weight excluding hydrogens is 374 g/mol. The molecule has 6 heteroatoms. The van der Waals surface area contributed by atoms with Gasteiger partial charge < -0.3 is 4.74 Å². The fourth-order valence-corrected chi connectivity index (χ4v) is 5.12. The number of rotatable bonds is 4. The van der Waals surface area contributed by atoms with Crippen LogP contribution in [0.4, 0.5) is 5.69 Å². The Bertz CT molecular complexity index is 1110. The van der Waals surface area contributed by atoms with Gasteiger partial charge in [-0.2, -0.15) is 0 Å². The van der Waals surface area contributed by atoms with Gasteiger partial charge in [-0.15, -0.1) is 0 Å². The molecule has 142 valence electrons. The third kappa shape index (κ3) is 3.51. The summed E-state index contributed by atoms with van der Waals surface area (Å²) in [6.07, 6.45) is 0. The summed E-state index contributed by atoms with van der Waals surface area (Å²) >= 11 is 0. The molecule has 5 nitrogen and oxygen atoms in total. The Hall–Kier alpha value is -3.12. The van der Waals surface area contributed by atoms with Crippen molar-refractivity contribution in [3.63, 3.8) is 0 Å². The lowest BCUT2D eigenvalue weighted by Crippen LogP contribution is -2.29. The number of carbonyl (C=O) groups is 1. The van der Waals surface area contributed by atoms with Crippen molar-refractivity contribution in [3.05, 3.63) is 90.0 Å². The van der Waals surface area contributed by atoms with E-state index in [2.05, 4.69) is 0 Å². The second kappa shape index (κ2) is 7.13. The molecule has 1 saturated heterocycles. The molecule has 0 N–H and O–H groups in total. The van der Waals surface area contributed by atoms with E-state index in [1.54, 1.807) is 30.3 Å². The van der Waals surface area contributed by atoms with E-state index in [-0.39, 0.29) is 0 Å². The summed E-state index contributed by atoms with van der Waals surface area (Å²) in [5, 5.41) is -1.03. The molecule has 0 radical (unpaired) electrons. The number of carbonyl (C=O) groups excluding carboxylic acids is 1. The molecule has 0 saturated carbocycles. The van der Waals surface area contributed by atoms with Crippen LogP contribution in [0.25, 0.3) is 0 Å². The molecule has 28 heavy (non-hydrogen) atoms. The van der Waals surface area contributed by atoms with Gasteiger partial charge in [-0.1, -0.05) is 42.5 Å². The van der Waals surface area contributed by atoms with Gasteiger partial charge in [-0.3, -0.25) is 9.69 Å². The second-order valence-electron chi connectivity index (χ2n) is 6.75. The van der Waals surface area contributed by atoms with E-state index in [0.29, 0.717) is 22.7 Å². The molecular formula is C22H19NO4S. The summed E-state index contributed by atoms with van der Waals surface area (Å²) < 4.78 is 31.2. The van der Waals surface area contributed by atoms with Crippen molar-refractivity contribution < 1.29 is 17.9 Å². The van der Waals surface area contributed by atoms with Gasteiger partial charge in [0.15, 0.2) is 15.2 Å². The molecule has 3 aromatic rings. The molecule has 0 bridgehead atoms. The predicted octanol–water partition coefficient (Wildman–Crippen LogP) is 4.25. The summed E-state index contributed by atoms with van der Waals surface area (Å²) in [5.74, 6) is 0.382. The maximum absolute atomic E-state index is 12.7. The van der Waals surface area contributed by atoms with Gasteiger partial charge in [-0.05, 0) is 54.4 Å². The maximum Gasteiger partial charge on any atom is 0.243 e. The quantitative estimate of drug-likeness (QED) is 0.665. The zero-order valence-electron chi connectivity index (χ0n) is 15.3. The number of aryl methyl sites for hydroxylation is 1. The molecule has 1 aliphatic rings. The minimum Gasteiger partial charge on any atom is -0.457 e. The van der Waals surface area contributed by atoms with Crippen LogP contribution >= 0.6 is 0 Å². The zero-order valence-corrected chi connectivity index (χ0v) is 16.1. The molecule has 0 aliphatic carbocycles. The van der Waals surface area contributed by atoms with Crippen molar-refractivity contribution >= 4 is 21.4 Å². The molecule has 0 aromatic heterocycles. The lowest BCUT2D eigenvalue weighted by Gasteiger charge is -2.24. The highest BCUT2D eigenvalue weighted by Crippen LogP contribution is 2.38. The summed E-state index contributed by atoms with van der Waals surface area (Å²) in [5.41, 5.74) is 2.08. The largest absolute Gasteiger partial charge is 0.457 e. The highest BCUT2D eigenvalue weighted by atomic mass is 32.2. The van der Waals surface area contributed by atoms with Crippen molar-refractivity contribution in [1.82, 2.24) is 0 Å². The predicted molar refractivity (Wildman–Crippen MR) is 108 cm³/mol. The van der Waals surface area contributed by atoms with Crippen molar-refractivity contribution in [2.75, 3.05) is 10.7 Å². The Labute approximate surface area is 164 Å². The Balaban J connectivity index is 1.68. The molecule has 3 aromatic carbocycles. The maximum atomic E-state index is 12.7. The Kier molecular flexibility index (Phi) is 4.65. The van der Waals surface area contributed by atoms with Crippen LogP contribution in [0, 0.1) is 6.92 Å². The molecule has 1 atom stereocenters. The van der Waals surface area contributed by atoms with Gasteiger partial charge >= 0.3 is 0 Å². The lowest BCUT2D eigenvalue weighted by atomic mass is 10.1. The molecule has 0 unspecified atom stereocenters. The van der Waals surface area contributed by atoms with E-state index >= 15 is 0 Å². The molecule has 1 amide bonds. The number of amides is 1. The summed E-state index contributed by atoms with van der Waals surface area (Å²) in [6, 6.07) is 23.5. The first-order valence-corrected chi connectivity index (χ1v) is 10.6. The number of benzene rings is 3. The number of para-hydroxylation sites is 1. The van der Waals surface area contributed by atoms with Crippen LogP contribution in [0.15, 0.2) is 78.9 Å². The summed E-state index contributed by atoms with van der Waals surface area (Å²) in [7, 11) is -3.64. The Morgan fingerprint density at radius 1 is 0.893 bits per heavy atom. The van der Waals surface area contributed by atoms with Crippen LogP contribution in [0.1, 0.15) is 16.5 Å². The van der Waals surface area contributed by atoms with Crippen LogP contribution < -0.4 is 9.64 Å². The van der Waals surface area contributed by atoms with E-state index in [4.69, 9.17) is 4.74 Å². The SMILES string of the molecule is Cc1cccc(N2C(=O)CS(=O)(=O)[C@@H]2c2ccc(Oc3ccccc3)cc2)c1. The van der Waals surface area contributed by atoms with Crippen molar-refractivity contribution in [3.8, 4) is 11.5 Å². The average molecular weight is 393 g/mol. The standard InChI is InChI=1S/C22H19NO4S/c1-16-6-5-7-18(14-16)23-21(24)15-28(25,26)22(23)17-10-12-20(13-11-17)27-19-8-3-2-4-9-19/h2-14,22H,15H2,1H3/t22-/m1/s1. The first-order valence-electron chi connectivity index (χ1n) is 8.87. The Morgan fingerprint density at radius 3 is 2.25 bits per heavy atom. The lowest BCUT2D eigenvalue weighted by molar-refractivity contribution is -0.115. The number of sulfone groups is 1. The van der Waals surface area contributed by atoms with Gasteiger partial charge in [0.1, 0.15) is 17.3 Å². The zero-order chi connectivity index (χ0) is 19.7. The summed E-state index contributed by atoms with van der Waals surface area (Å²) in [4.78, 5) is 13.9. The highest BCUT2D eigenvalue weighted by Gasteiger charge is 2.45. The highest BCUT2D eigenvalue weighted by molar-refractivity contribution is 7.93. The number of anilines is 1. The first kappa shape index (κ1) is 18.3. The topological polar surface area (TPSA) is 63.7 Å². The second-order valence-corrected chi connectivity index (χ2v) is 8.81. The average Bonchev–Trinajstić information content (AvgIpc) is 2.91. The third-order valence-corrected chi connectivity index (χ3v) is 6.40. The molecule has 1 aliphatic heterocycles. The number of hydrogen-bond acceptors (Lipinski definition) is 4. The van der Waals surface area contributed by atoms with E-state index in [9.17, 15) is 13.2 Å². The monoisotopic (exact) mass is 393 g/mol. The van der Waals surface area contributed by atoms with E-state index in [0.717, 1.165) is 5.56 Å². The smallest absolute Gasteiger partial charge is 0.243 e. The number of nitrogens with zero attached hydrogens (tertiary/aromatic N) is 1. The van der Waals surface area contributed by atoms with Gasteiger partial charge in [-0.25, -0.2) is 8.42 Å². The Morgan fingerprint density at radius 2 is 1.57 bits per heavy atom. The third-order valence-electron chi connectivity index (χ3n) is 4.59. The van der Waals surface area contributed by atoms with E-state index in [1.165, 1.54) is 4.90 Å². The van der Waals surface area contributed by atoms with Crippen molar-refractivity contribution in [2.45, 2.75) is 12.3 Å². The van der Waals surface area contributed by atoms with Crippen molar-refractivity contribution in [1.29, 1.82) is 0 Å². The van der Waals surface area contributed by atoms with Crippen LogP contribution in [0.5, 0.6) is 11.5 Å².